The van der Waals surface area contributed by atoms with E-state index in [-0.39, 0.29) is 5.91 Å². The summed E-state index contributed by atoms with van der Waals surface area (Å²) in [5.41, 5.74) is 2.72. The molecule has 118 valence electrons. The molecule has 3 aromatic rings. The van der Waals surface area contributed by atoms with Crippen LogP contribution < -0.4 is 5.32 Å². The first-order chi connectivity index (χ1) is 11.3. The Kier molecular flexibility index (Phi) is 4.57. The third kappa shape index (κ3) is 3.51. The van der Waals surface area contributed by atoms with Gasteiger partial charge in [0.2, 0.25) is 0 Å². The summed E-state index contributed by atoms with van der Waals surface area (Å²) in [6.45, 7) is 3.07. The molecule has 0 aliphatic rings. The predicted octanol–water partition coefficient (Wildman–Crippen LogP) is 3.02. The van der Waals surface area contributed by atoms with Crippen LogP contribution in [0.3, 0.4) is 0 Å². The molecule has 1 N–H and O–H groups in total. The number of carbonyl (C=O) groups excluding carboxylic acids is 1. The Labute approximate surface area is 134 Å². The monoisotopic (exact) mass is 309 g/mol. The van der Waals surface area contributed by atoms with Crippen LogP contribution in [0.4, 0.5) is 0 Å². The average Bonchev–Trinajstić information content (AvgIpc) is 3.23. The van der Waals surface area contributed by atoms with Crippen LogP contribution in [0.2, 0.25) is 0 Å². The SMILES string of the molecule is CCc1c(C(=O)NCc2ccco2)cnn1Cc1ccccc1. The first-order valence-electron chi connectivity index (χ1n) is 7.67. The van der Waals surface area contributed by atoms with Gasteiger partial charge in [-0.3, -0.25) is 9.48 Å². The molecule has 23 heavy (non-hydrogen) atoms. The second kappa shape index (κ2) is 6.96. The van der Waals surface area contributed by atoms with Crippen LogP contribution in [0.5, 0.6) is 0 Å². The van der Waals surface area contributed by atoms with Crippen LogP contribution in [-0.2, 0) is 19.5 Å². The second-order valence-corrected chi connectivity index (χ2v) is 5.26. The van der Waals surface area contributed by atoms with Crippen LogP contribution in [0.1, 0.15) is 34.3 Å². The summed E-state index contributed by atoms with van der Waals surface area (Å²) < 4.78 is 7.11. The zero-order valence-corrected chi connectivity index (χ0v) is 13.0. The van der Waals surface area contributed by atoms with E-state index in [0.717, 1.165) is 23.4 Å². The van der Waals surface area contributed by atoms with Crippen molar-refractivity contribution in [1.29, 1.82) is 0 Å². The van der Waals surface area contributed by atoms with Crippen molar-refractivity contribution in [3.8, 4) is 0 Å². The minimum Gasteiger partial charge on any atom is -0.467 e. The smallest absolute Gasteiger partial charge is 0.255 e. The molecule has 5 heteroatoms. The van der Waals surface area contributed by atoms with Gasteiger partial charge < -0.3 is 9.73 Å². The highest BCUT2D eigenvalue weighted by molar-refractivity contribution is 5.95. The second-order valence-electron chi connectivity index (χ2n) is 5.26. The molecule has 0 saturated heterocycles. The van der Waals surface area contributed by atoms with E-state index in [0.29, 0.717) is 18.7 Å². The number of benzene rings is 1. The summed E-state index contributed by atoms with van der Waals surface area (Å²) in [5, 5.41) is 7.25. The molecule has 2 aromatic heterocycles. The lowest BCUT2D eigenvalue weighted by Crippen LogP contribution is -2.23. The third-order valence-corrected chi connectivity index (χ3v) is 3.71. The van der Waals surface area contributed by atoms with E-state index in [1.54, 1.807) is 18.5 Å². The molecule has 0 radical (unpaired) electrons. The molecule has 0 aliphatic heterocycles. The quantitative estimate of drug-likeness (QED) is 0.761. The highest BCUT2D eigenvalue weighted by Crippen LogP contribution is 2.12. The highest BCUT2D eigenvalue weighted by Gasteiger charge is 2.16. The number of nitrogens with one attached hydrogen (secondary N) is 1. The molecule has 0 atom stereocenters. The van der Waals surface area contributed by atoms with E-state index in [4.69, 9.17) is 4.42 Å². The first-order valence-corrected chi connectivity index (χ1v) is 7.67. The number of nitrogens with zero attached hydrogens (tertiary/aromatic N) is 2. The van der Waals surface area contributed by atoms with Crippen molar-refractivity contribution in [3.05, 3.63) is 77.5 Å². The highest BCUT2D eigenvalue weighted by atomic mass is 16.3. The Balaban J connectivity index is 1.73. The zero-order valence-electron chi connectivity index (χ0n) is 13.0. The maximum atomic E-state index is 12.4. The fourth-order valence-electron chi connectivity index (χ4n) is 2.54. The van der Waals surface area contributed by atoms with E-state index in [1.165, 1.54) is 0 Å². The third-order valence-electron chi connectivity index (χ3n) is 3.71. The fraction of sp³-hybridized carbons (Fsp3) is 0.222. The summed E-state index contributed by atoms with van der Waals surface area (Å²) in [7, 11) is 0. The molecule has 0 bridgehead atoms. The minimum absolute atomic E-state index is 0.127. The lowest BCUT2D eigenvalue weighted by molar-refractivity contribution is 0.0947. The number of amides is 1. The van der Waals surface area contributed by atoms with Gasteiger partial charge in [-0.1, -0.05) is 37.3 Å². The summed E-state index contributed by atoms with van der Waals surface area (Å²) in [5.74, 6) is 0.602. The van der Waals surface area contributed by atoms with E-state index in [1.807, 2.05) is 35.9 Å². The number of carbonyl (C=O) groups is 1. The maximum absolute atomic E-state index is 12.4. The number of hydrogen-bond donors (Lipinski definition) is 1. The Morgan fingerprint density at radius 3 is 2.74 bits per heavy atom. The van der Waals surface area contributed by atoms with Crippen molar-refractivity contribution < 1.29 is 9.21 Å². The van der Waals surface area contributed by atoms with Crippen molar-refractivity contribution in [2.45, 2.75) is 26.4 Å². The van der Waals surface area contributed by atoms with E-state index >= 15 is 0 Å². The van der Waals surface area contributed by atoms with Gasteiger partial charge in [-0.25, -0.2) is 0 Å². The minimum atomic E-state index is -0.127. The molecule has 3 rings (SSSR count). The zero-order chi connectivity index (χ0) is 16.1. The molecule has 0 aliphatic carbocycles. The van der Waals surface area contributed by atoms with Gasteiger partial charge in [-0.15, -0.1) is 0 Å². The van der Waals surface area contributed by atoms with Crippen molar-refractivity contribution in [1.82, 2.24) is 15.1 Å². The molecule has 0 unspecified atom stereocenters. The van der Waals surface area contributed by atoms with Gasteiger partial charge in [0.25, 0.3) is 5.91 Å². The maximum Gasteiger partial charge on any atom is 0.255 e. The van der Waals surface area contributed by atoms with Crippen molar-refractivity contribution in [2.75, 3.05) is 0 Å². The Morgan fingerprint density at radius 1 is 1.22 bits per heavy atom. The lowest BCUT2D eigenvalue weighted by Gasteiger charge is -2.08. The number of rotatable bonds is 6. The molecule has 5 nitrogen and oxygen atoms in total. The summed E-state index contributed by atoms with van der Waals surface area (Å²) in [6, 6.07) is 13.7. The summed E-state index contributed by atoms with van der Waals surface area (Å²) in [4.78, 5) is 12.4. The van der Waals surface area contributed by atoms with Gasteiger partial charge in [0.1, 0.15) is 5.76 Å². The molecule has 0 spiro atoms. The van der Waals surface area contributed by atoms with Crippen molar-refractivity contribution in [3.63, 3.8) is 0 Å². The molecular formula is C18H19N3O2. The number of furan rings is 1. The van der Waals surface area contributed by atoms with E-state index in [9.17, 15) is 4.79 Å². The van der Waals surface area contributed by atoms with Crippen molar-refractivity contribution in [2.24, 2.45) is 0 Å². The Hall–Kier alpha value is -2.82. The van der Waals surface area contributed by atoms with Crippen LogP contribution >= 0.6 is 0 Å². The standard InChI is InChI=1S/C18H19N3O2/c1-2-17-16(18(22)19-11-15-9-6-10-23-15)12-20-21(17)13-14-7-4-3-5-8-14/h3-10,12H,2,11,13H2,1H3,(H,19,22). The van der Waals surface area contributed by atoms with Crippen LogP contribution in [0.15, 0.2) is 59.3 Å². The summed E-state index contributed by atoms with van der Waals surface area (Å²) >= 11 is 0. The van der Waals surface area contributed by atoms with Gasteiger partial charge in [-0.2, -0.15) is 5.10 Å². The largest absolute Gasteiger partial charge is 0.467 e. The van der Waals surface area contributed by atoms with Gasteiger partial charge in [0, 0.05) is 0 Å². The fourth-order valence-corrected chi connectivity index (χ4v) is 2.54. The average molecular weight is 309 g/mol. The molecule has 0 fully saturated rings. The molecule has 2 heterocycles. The summed E-state index contributed by atoms with van der Waals surface area (Å²) in [6.07, 6.45) is 3.98. The topological polar surface area (TPSA) is 60.1 Å². The van der Waals surface area contributed by atoms with Gasteiger partial charge >= 0.3 is 0 Å². The Morgan fingerprint density at radius 2 is 2.04 bits per heavy atom. The molecular weight excluding hydrogens is 290 g/mol. The molecule has 1 aromatic carbocycles. The molecule has 0 saturated carbocycles. The number of hydrogen-bond acceptors (Lipinski definition) is 3. The van der Waals surface area contributed by atoms with Crippen LogP contribution in [-0.4, -0.2) is 15.7 Å². The van der Waals surface area contributed by atoms with Crippen LogP contribution in [0, 0.1) is 0 Å². The Bertz CT molecular complexity index is 761. The molecule has 1 amide bonds. The predicted molar refractivity (Wildman–Crippen MR) is 87.0 cm³/mol. The lowest BCUT2D eigenvalue weighted by atomic mass is 10.1. The van der Waals surface area contributed by atoms with E-state index in [2.05, 4.69) is 22.5 Å². The van der Waals surface area contributed by atoms with Gasteiger partial charge in [-0.05, 0) is 24.1 Å². The van der Waals surface area contributed by atoms with Crippen LogP contribution in [0.25, 0.3) is 0 Å². The first kappa shape index (κ1) is 15.1. The normalized spacial score (nSPS) is 10.7. The van der Waals surface area contributed by atoms with Gasteiger partial charge in [0.15, 0.2) is 0 Å². The van der Waals surface area contributed by atoms with E-state index < -0.39 is 0 Å². The number of aromatic nitrogens is 2. The van der Waals surface area contributed by atoms with Crippen molar-refractivity contribution >= 4 is 5.91 Å². The van der Waals surface area contributed by atoms with Gasteiger partial charge in [0.05, 0.1) is 36.8 Å².